The Labute approximate surface area is 145 Å². The Balaban J connectivity index is 2.08. The lowest BCUT2D eigenvalue weighted by Gasteiger charge is -2.11. The van der Waals surface area contributed by atoms with Gasteiger partial charge in [0.2, 0.25) is 0 Å². The highest BCUT2D eigenvalue weighted by Gasteiger charge is 2.13. The molecule has 0 fully saturated rings. The zero-order valence-corrected chi connectivity index (χ0v) is 14.2. The monoisotopic (exact) mass is 338 g/mol. The number of hydrogen-bond donors (Lipinski definition) is 1. The molecule has 2 heterocycles. The van der Waals surface area contributed by atoms with Gasteiger partial charge in [0, 0.05) is 23.5 Å². The Morgan fingerprint density at radius 3 is 2.48 bits per heavy atom. The minimum Gasteiger partial charge on any atom is -0.497 e. The van der Waals surface area contributed by atoms with Crippen molar-refractivity contribution in [3.63, 3.8) is 0 Å². The van der Waals surface area contributed by atoms with Crippen LogP contribution in [0.2, 0.25) is 0 Å². The average molecular weight is 338 g/mol. The third-order valence-corrected chi connectivity index (χ3v) is 3.74. The Kier molecular flexibility index (Phi) is 4.47. The van der Waals surface area contributed by atoms with Gasteiger partial charge in [-0.05, 0) is 30.2 Å². The molecule has 3 aromatic rings. The number of aromatic nitrogens is 4. The number of nitrogens with zero attached hydrogens (tertiary/aromatic N) is 4. The number of rotatable bonds is 5. The first-order valence-corrected chi connectivity index (χ1v) is 7.79. The lowest BCUT2D eigenvalue weighted by Crippen LogP contribution is -2.04. The van der Waals surface area contributed by atoms with Gasteiger partial charge in [0.15, 0.2) is 11.5 Å². The van der Waals surface area contributed by atoms with E-state index in [1.165, 1.54) is 12.5 Å². The van der Waals surface area contributed by atoms with E-state index >= 15 is 0 Å². The first kappa shape index (κ1) is 16.6. The van der Waals surface area contributed by atoms with Crippen LogP contribution in [0.4, 0.5) is 0 Å². The Hall–Kier alpha value is -3.22. The predicted molar refractivity (Wildman–Crippen MR) is 92.2 cm³/mol. The molecule has 0 unspecified atom stereocenters. The van der Waals surface area contributed by atoms with Crippen LogP contribution < -0.4 is 4.74 Å². The molecule has 2 aromatic heterocycles. The summed E-state index contributed by atoms with van der Waals surface area (Å²) in [6.45, 7) is 4.08. The third-order valence-electron chi connectivity index (χ3n) is 3.74. The van der Waals surface area contributed by atoms with Gasteiger partial charge >= 0.3 is 5.97 Å². The second-order valence-electron chi connectivity index (χ2n) is 5.83. The van der Waals surface area contributed by atoms with Gasteiger partial charge in [-0.2, -0.15) is 0 Å². The van der Waals surface area contributed by atoms with Gasteiger partial charge in [0.1, 0.15) is 17.9 Å². The highest BCUT2D eigenvalue weighted by molar-refractivity contribution is 5.85. The molecule has 0 saturated carbocycles. The molecule has 0 atom stereocenters. The molecule has 0 bridgehead atoms. The Bertz CT molecular complexity index is 901. The molecule has 0 spiro atoms. The highest BCUT2D eigenvalue weighted by atomic mass is 16.5. The van der Waals surface area contributed by atoms with Crippen molar-refractivity contribution in [3.05, 3.63) is 54.2 Å². The number of ether oxygens (including phenoxy) is 1. The second-order valence-corrected chi connectivity index (χ2v) is 5.83. The summed E-state index contributed by atoms with van der Waals surface area (Å²) in [4.78, 5) is 24.1. The number of benzene rings is 1. The van der Waals surface area contributed by atoms with E-state index in [2.05, 4.69) is 15.0 Å². The molecule has 0 amide bonds. The summed E-state index contributed by atoms with van der Waals surface area (Å²) < 4.78 is 6.76. The van der Waals surface area contributed by atoms with E-state index in [4.69, 9.17) is 9.84 Å². The van der Waals surface area contributed by atoms with Gasteiger partial charge in [-0.3, -0.25) is 4.57 Å². The van der Waals surface area contributed by atoms with Crippen molar-refractivity contribution in [1.82, 2.24) is 19.5 Å². The summed E-state index contributed by atoms with van der Waals surface area (Å²) in [5.74, 6) is 1.01. The molecule has 0 radical (unpaired) electrons. The fraction of sp³-hybridized carbons (Fsp3) is 0.222. The minimum atomic E-state index is -1.08. The van der Waals surface area contributed by atoms with Gasteiger partial charge in [-0.1, -0.05) is 13.8 Å². The number of imidazole rings is 1. The molecular weight excluding hydrogens is 320 g/mol. The number of carboxylic acids is 1. The first-order valence-electron chi connectivity index (χ1n) is 7.79. The molecule has 7 heteroatoms. The van der Waals surface area contributed by atoms with Gasteiger partial charge < -0.3 is 9.84 Å². The maximum atomic E-state index is 11.0. The summed E-state index contributed by atoms with van der Waals surface area (Å²) in [6, 6.07) is 9.31. The quantitative estimate of drug-likeness (QED) is 0.768. The zero-order chi connectivity index (χ0) is 18.0. The molecule has 0 aliphatic carbocycles. The Morgan fingerprint density at radius 1 is 1.20 bits per heavy atom. The van der Waals surface area contributed by atoms with Crippen molar-refractivity contribution in [2.75, 3.05) is 7.11 Å². The van der Waals surface area contributed by atoms with E-state index in [-0.39, 0.29) is 11.6 Å². The van der Waals surface area contributed by atoms with Crippen molar-refractivity contribution in [2.24, 2.45) is 0 Å². The van der Waals surface area contributed by atoms with E-state index < -0.39 is 5.97 Å². The number of carboxylic acid groups (broad SMARTS) is 1. The largest absolute Gasteiger partial charge is 0.497 e. The van der Waals surface area contributed by atoms with Crippen LogP contribution in [0, 0.1) is 0 Å². The van der Waals surface area contributed by atoms with E-state index in [1.807, 2.05) is 44.2 Å². The second kappa shape index (κ2) is 6.72. The summed E-state index contributed by atoms with van der Waals surface area (Å²) in [7, 11) is 1.61. The summed E-state index contributed by atoms with van der Waals surface area (Å²) in [5, 5.41) is 9.05. The Morgan fingerprint density at radius 2 is 1.92 bits per heavy atom. The molecular formula is C18H18N4O3. The smallest absolute Gasteiger partial charge is 0.356 e. The highest BCUT2D eigenvalue weighted by Crippen LogP contribution is 2.23. The summed E-state index contributed by atoms with van der Waals surface area (Å²) in [6.07, 6.45) is 2.88. The topological polar surface area (TPSA) is 90.1 Å². The van der Waals surface area contributed by atoms with Crippen molar-refractivity contribution in [2.45, 2.75) is 19.8 Å². The lowest BCUT2D eigenvalue weighted by molar-refractivity contribution is 0.0691. The third kappa shape index (κ3) is 3.50. The first-order chi connectivity index (χ1) is 12.0. The van der Waals surface area contributed by atoms with Crippen LogP contribution in [-0.2, 0) is 0 Å². The maximum absolute atomic E-state index is 11.0. The van der Waals surface area contributed by atoms with E-state index in [9.17, 15) is 4.79 Å². The molecule has 0 aliphatic heterocycles. The van der Waals surface area contributed by atoms with Crippen LogP contribution in [0.15, 0.2) is 42.9 Å². The van der Waals surface area contributed by atoms with Crippen LogP contribution in [0.1, 0.15) is 35.9 Å². The number of methoxy groups -OCH3 is 1. The summed E-state index contributed by atoms with van der Waals surface area (Å²) >= 11 is 0. The SMILES string of the molecule is COc1ccc(-c2nc(C(C)C)cc(-n3cnc(C(=O)O)c3)n2)cc1. The fourth-order valence-electron chi connectivity index (χ4n) is 2.31. The van der Waals surface area contributed by atoms with Crippen LogP contribution in [0.3, 0.4) is 0 Å². The molecule has 1 N–H and O–H groups in total. The number of aromatic carboxylic acids is 1. The predicted octanol–water partition coefficient (Wildman–Crippen LogP) is 3.16. The fourth-order valence-corrected chi connectivity index (χ4v) is 2.31. The van der Waals surface area contributed by atoms with Gasteiger partial charge in [0.25, 0.3) is 0 Å². The molecule has 128 valence electrons. The van der Waals surface area contributed by atoms with E-state index in [1.54, 1.807) is 11.7 Å². The van der Waals surface area contributed by atoms with Crippen molar-refractivity contribution < 1.29 is 14.6 Å². The number of carbonyl (C=O) groups is 1. The zero-order valence-electron chi connectivity index (χ0n) is 14.2. The lowest BCUT2D eigenvalue weighted by atomic mass is 10.1. The molecule has 0 aliphatic rings. The molecule has 0 saturated heterocycles. The molecule has 3 rings (SSSR count). The standard InChI is InChI=1S/C18H18N4O3/c1-11(2)14-8-16(22-9-15(18(23)24)19-10-22)21-17(20-14)12-4-6-13(25-3)7-5-12/h4-11H,1-3H3,(H,23,24). The van der Waals surface area contributed by atoms with Crippen LogP contribution in [-0.4, -0.2) is 37.7 Å². The molecule has 1 aromatic carbocycles. The van der Waals surface area contributed by atoms with Crippen LogP contribution >= 0.6 is 0 Å². The molecule has 7 nitrogen and oxygen atoms in total. The normalized spacial score (nSPS) is 10.9. The van der Waals surface area contributed by atoms with Gasteiger partial charge in [0.05, 0.1) is 7.11 Å². The maximum Gasteiger partial charge on any atom is 0.356 e. The van der Waals surface area contributed by atoms with Crippen LogP contribution in [0.5, 0.6) is 5.75 Å². The summed E-state index contributed by atoms with van der Waals surface area (Å²) in [5.41, 5.74) is 1.68. The average Bonchev–Trinajstić information content (AvgIpc) is 3.12. The van der Waals surface area contributed by atoms with Crippen molar-refractivity contribution in [3.8, 4) is 23.0 Å². The minimum absolute atomic E-state index is 0.0318. The van der Waals surface area contributed by atoms with Crippen molar-refractivity contribution in [1.29, 1.82) is 0 Å². The van der Waals surface area contributed by atoms with Gasteiger partial charge in [-0.15, -0.1) is 0 Å². The number of hydrogen-bond acceptors (Lipinski definition) is 5. The van der Waals surface area contributed by atoms with E-state index in [0.717, 1.165) is 17.0 Å². The van der Waals surface area contributed by atoms with Crippen LogP contribution in [0.25, 0.3) is 17.2 Å². The van der Waals surface area contributed by atoms with E-state index in [0.29, 0.717) is 11.6 Å². The molecule has 25 heavy (non-hydrogen) atoms. The van der Waals surface area contributed by atoms with Gasteiger partial charge in [-0.25, -0.2) is 19.7 Å². The van der Waals surface area contributed by atoms with Crippen molar-refractivity contribution >= 4 is 5.97 Å².